The number of hydrogen-bond donors (Lipinski definition) is 0. The minimum Gasteiger partial charge on any atom is -0.468 e. The molecule has 0 saturated carbocycles. The fourth-order valence-corrected chi connectivity index (χ4v) is 4.60. The first-order chi connectivity index (χ1) is 19.6. The number of benzene rings is 3. The van der Waals surface area contributed by atoms with Gasteiger partial charge in [0.1, 0.15) is 19.2 Å². The molecule has 0 atom stereocenters. The molecule has 40 heavy (non-hydrogen) atoms. The van der Waals surface area contributed by atoms with Gasteiger partial charge in [0.2, 0.25) is 0 Å². The average molecular weight is 546 g/mol. The second kappa shape index (κ2) is 13.2. The van der Waals surface area contributed by atoms with E-state index in [9.17, 15) is 14.0 Å². The third-order valence-corrected chi connectivity index (χ3v) is 6.84. The molecule has 1 saturated heterocycles. The van der Waals surface area contributed by atoms with E-state index in [1.807, 2.05) is 71.6 Å². The highest BCUT2D eigenvalue weighted by Gasteiger charge is 2.20. The van der Waals surface area contributed by atoms with Crippen molar-refractivity contribution in [3.63, 3.8) is 0 Å². The van der Waals surface area contributed by atoms with Crippen molar-refractivity contribution in [2.24, 2.45) is 0 Å². The Kier molecular flexibility index (Phi) is 9.00. The summed E-state index contributed by atoms with van der Waals surface area (Å²) in [6, 6.07) is 25.7. The Balaban J connectivity index is 1.28. The number of anilines is 1. The van der Waals surface area contributed by atoms with Crippen LogP contribution in [-0.2, 0) is 31.2 Å². The van der Waals surface area contributed by atoms with Gasteiger partial charge < -0.3 is 14.4 Å². The van der Waals surface area contributed by atoms with Gasteiger partial charge in [-0.3, -0.25) is 9.69 Å². The van der Waals surface area contributed by atoms with Crippen LogP contribution in [0.1, 0.15) is 11.1 Å². The standard InChI is InChI=1S/C30H32FN5O4/c31-26-13-7-8-14-27(26)34-18-15-33(16-19-34)17-20-36-30(38)35(23-39-21-24-9-3-1-4-10-24)29(37)28(32-36)40-22-25-11-5-2-6-12-25/h1-14H,15-23H2. The molecule has 4 aromatic rings. The summed E-state index contributed by atoms with van der Waals surface area (Å²) in [5, 5.41) is 4.28. The summed E-state index contributed by atoms with van der Waals surface area (Å²) in [5.74, 6) is -0.386. The molecule has 1 aromatic heterocycles. The Morgan fingerprint density at radius 1 is 0.750 bits per heavy atom. The Hall–Kier alpha value is -4.28. The van der Waals surface area contributed by atoms with Crippen molar-refractivity contribution in [2.45, 2.75) is 26.5 Å². The lowest BCUT2D eigenvalue weighted by molar-refractivity contribution is 0.0554. The maximum absolute atomic E-state index is 14.2. The molecule has 5 rings (SSSR count). The van der Waals surface area contributed by atoms with E-state index in [0.29, 0.717) is 38.4 Å². The summed E-state index contributed by atoms with van der Waals surface area (Å²) >= 11 is 0. The van der Waals surface area contributed by atoms with Crippen molar-refractivity contribution >= 4 is 5.69 Å². The van der Waals surface area contributed by atoms with Gasteiger partial charge in [0.15, 0.2) is 0 Å². The number of piperazine rings is 1. The van der Waals surface area contributed by atoms with Crippen molar-refractivity contribution in [3.05, 3.63) is 123 Å². The average Bonchev–Trinajstić information content (AvgIpc) is 2.99. The molecule has 0 amide bonds. The van der Waals surface area contributed by atoms with Crippen molar-refractivity contribution in [1.82, 2.24) is 19.2 Å². The number of rotatable bonds is 11. The quantitative estimate of drug-likeness (QED) is 0.287. The molecule has 3 aromatic carbocycles. The number of halogens is 1. The third kappa shape index (κ3) is 6.83. The molecule has 0 spiro atoms. The third-order valence-electron chi connectivity index (χ3n) is 6.84. The van der Waals surface area contributed by atoms with Crippen molar-refractivity contribution in [3.8, 4) is 5.88 Å². The Morgan fingerprint density at radius 3 is 2.05 bits per heavy atom. The number of nitrogens with zero attached hydrogens (tertiary/aromatic N) is 5. The van der Waals surface area contributed by atoms with Crippen LogP contribution in [0.5, 0.6) is 5.88 Å². The normalized spacial score (nSPS) is 13.9. The van der Waals surface area contributed by atoms with Crippen LogP contribution < -0.4 is 20.9 Å². The lowest BCUT2D eigenvalue weighted by atomic mass is 10.2. The Bertz CT molecular complexity index is 1500. The van der Waals surface area contributed by atoms with Crippen LogP contribution >= 0.6 is 0 Å². The lowest BCUT2D eigenvalue weighted by Gasteiger charge is -2.36. The van der Waals surface area contributed by atoms with Crippen molar-refractivity contribution in [2.75, 3.05) is 37.6 Å². The summed E-state index contributed by atoms with van der Waals surface area (Å²) in [6.45, 7) is 3.73. The number of aromatic nitrogens is 3. The topological polar surface area (TPSA) is 81.8 Å². The first-order valence-corrected chi connectivity index (χ1v) is 13.3. The summed E-state index contributed by atoms with van der Waals surface area (Å²) in [4.78, 5) is 30.6. The van der Waals surface area contributed by atoms with E-state index in [2.05, 4.69) is 10.00 Å². The first kappa shape index (κ1) is 27.3. The van der Waals surface area contributed by atoms with E-state index < -0.39 is 11.2 Å². The SMILES string of the molecule is O=c1c(OCc2ccccc2)nn(CCN2CCN(c3ccccc3F)CC2)c(=O)n1COCc1ccccc1. The maximum Gasteiger partial charge on any atom is 0.349 e. The summed E-state index contributed by atoms with van der Waals surface area (Å²) < 4.78 is 28.0. The van der Waals surface area contributed by atoms with Crippen LogP contribution in [0.4, 0.5) is 10.1 Å². The molecule has 0 N–H and O–H groups in total. The maximum atomic E-state index is 14.2. The van der Waals surface area contributed by atoms with E-state index in [-0.39, 0.29) is 38.2 Å². The highest BCUT2D eigenvalue weighted by atomic mass is 19.1. The zero-order valence-corrected chi connectivity index (χ0v) is 22.2. The Morgan fingerprint density at radius 2 is 1.38 bits per heavy atom. The minimum atomic E-state index is -0.635. The van der Waals surface area contributed by atoms with Gasteiger partial charge in [0, 0.05) is 32.7 Å². The van der Waals surface area contributed by atoms with Gasteiger partial charge in [-0.25, -0.2) is 18.4 Å². The van der Waals surface area contributed by atoms with E-state index in [0.717, 1.165) is 15.7 Å². The van der Waals surface area contributed by atoms with Crippen LogP contribution in [0, 0.1) is 5.82 Å². The van der Waals surface area contributed by atoms with E-state index >= 15 is 0 Å². The fraction of sp³-hybridized carbons (Fsp3) is 0.300. The molecule has 1 aliphatic rings. The molecule has 9 nitrogen and oxygen atoms in total. The second-order valence-electron chi connectivity index (χ2n) is 9.56. The molecule has 208 valence electrons. The molecule has 1 fully saturated rings. The number of hydrogen-bond acceptors (Lipinski definition) is 7. The fourth-order valence-electron chi connectivity index (χ4n) is 4.60. The van der Waals surface area contributed by atoms with Crippen LogP contribution in [0.2, 0.25) is 0 Å². The largest absolute Gasteiger partial charge is 0.468 e. The summed E-state index contributed by atoms with van der Waals surface area (Å²) in [5.41, 5.74) is 1.21. The molecule has 0 unspecified atom stereocenters. The van der Waals surface area contributed by atoms with Gasteiger partial charge in [-0.2, -0.15) is 0 Å². The Labute approximate surface area is 231 Å². The van der Waals surface area contributed by atoms with Gasteiger partial charge in [-0.1, -0.05) is 72.8 Å². The van der Waals surface area contributed by atoms with Crippen molar-refractivity contribution in [1.29, 1.82) is 0 Å². The molecule has 0 bridgehead atoms. The van der Waals surface area contributed by atoms with Gasteiger partial charge in [0.25, 0.3) is 5.88 Å². The smallest absolute Gasteiger partial charge is 0.349 e. The molecular weight excluding hydrogens is 513 g/mol. The summed E-state index contributed by atoms with van der Waals surface area (Å²) in [7, 11) is 0. The predicted molar refractivity (Wildman–Crippen MR) is 150 cm³/mol. The van der Waals surface area contributed by atoms with Gasteiger partial charge >= 0.3 is 11.2 Å². The molecule has 0 radical (unpaired) electrons. The second-order valence-corrected chi connectivity index (χ2v) is 9.56. The lowest BCUT2D eigenvalue weighted by Crippen LogP contribution is -2.49. The van der Waals surface area contributed by atoms with Gasteiger partial charge in [-0.15, -0.1) is 5.10 Å². The van der Waals surface area contributed by atoms with Crippen LogP contribution in [0.25, 0.3) is 0 Å². The number of para-hydroxylation sites is 1. The van der Waals surface area contributed by atoms with E-state index in [4.69, 9.17) is 9.47 Å². The highest BCUT2D eigenvalue weighted by Crippen LogP contribution is 2.20. The molecular formula is C30H32FN5O4. The zero-order chi connectivity index (χ0) is 27.7. The van der Waals surface area contributed by atoms with Crippen LogP contribution in [0.3, 0.4) is 0 Å². The predicted octanol–water partition coefficient (Wildman–Crippen LogP) is 3.12. The first-order valence-electron chi connectivity index (χ1n) is 13.3. The van der Waals surface area contributed by atoms with Crippen LogP contribution in [0.15, 0.2) is 94.5 Å². The van der Waals surface area contributed by atoms with E-state index in [1.165, 1.54) is 10.7 Å². The van der Waals surface area contributed by atoms with Crippen molar-refractivity contribution < 1.29 is 13.9 Å². The van der Waals surface area contributed by atoms with Crippen LogP contribution in [-0.4, -0.2) is 52.0 Å². The highest BCUT2D eigenvalue weighted by molar-refractivity contribution is 5.48. The van der Waals surface area contributed by atoms with Gasteiger partial charge in [-0.05, 0) is 23.3 Å². The molecule has 0 aliphatic carbocycles. The summed E-state index contributed by atoms with van der Waals surface area (Å²) in [6.07, 6.45) is 0. The number of ether oxygens (including phenoxy) is 2. The molecule has 2 heterocycles. The van der Waals surface area contributed by atoms with Gasteiger partial charge in [0.05, 0.1) is 18.8 Å². The molecule has 1 aliphatic heterocycles. The minimum absolute atomic E-state index is 0.143. The monoisotopic (exact) mass is 545 g/mol. The molecule has 10 heteroatoms. The zero-order valence-electron chi connectivity index (χ0n) is 22.2. The van der Waals surface area contributed by atoms with E-state index in [1.54, 1.807) is 12.1 Å².